The molecule has 2 unspecified atom stereocenters. The summed E-state index contributed by atoms with van der Waals surface area (Å²) >= 11 is 0. The molecule has 0 aromatic heterocycles. The largest absolute Gasteiger partial charge is 0.385 e. The van der Waals surface area contributed by atoms with Crippen molar-refractivity contribution in [1.82, 2.24) is 0 Å². The first-order valence-electron chi connectivity index (χ1n) is 16.4. The third kappa shape index (κ3) is 4.58. The highest BCUT2D eigenvalue weighted by Gasteiger charge is 2.61. The number of allylic oxidation sites excluding steroid dienone is 1. The van der Waals surface area contributed by atoms with E-state index in [1.807, 2.05) is 0 Å². The van der Waals surface area contributed by atoms with Gasteiger partial charge >= 0.3 is 0 Å². The monoisotopic (exact) mass is 578 g/mol. The van der Waals surface area contributed by atoms with Gasteiger partial charge in [0.05, 0.1) is 18.8 Å². The van der Waals surface area contributed by atoms with Gasteiger partial charge < -0.3 is 5.11 Å². The van der Waals surface area contributed by atoms with Gasteiger partial charge in [-0.2, -0.15) is 0 Å². The number of ketones is 1. The lowest BCUT2D eigenvalue weighted by Crippen LogP contribution is -2.56. The van der Waals surface area contributed by atoms with Crippen LogP contribution < -0.4 is 0 Å². The Labute approximate surface area is 251 Å². The zero-order chi connectivity index (χ0) is 29.8. The smallest absolute Gasteiger partial charge is 0.139 e. The van der Waals surface area contributed by atoms with Crippen molar-refractivity contribution in [2.75, 3.05) is 13.2 Å². The third-order valence-electron chi connectivity index (χ3n) is 12.2. The van der Waals surface area contributed by atoms with E-state index in [9.17, 15) is 9.90 Å². The quantitative estimate of drug-likeness (QED) is 0.290. The number of carbonyl (C=O) groups excluding carboxylic acids is 1. The number of hydrogen-bond donors (Lipinski definition) is 1. The van der Waals surface area contributed by atoms with Crippen molar-refractivity contribution in [3.05, 3.63) is 46.5 Å². The lowest BCUT2D eigenvalue weighted by atomic mass is 9.50. The first kappa shape index (κ1) is 29.2. The predicted octanol–water partition coefficient (Wildman–Crippen LogP) is 7.49. The van der Waals surface area contributed by atoms with Gasteiger partial charge in [0.15, 0.2) is 0 Å². The fraction of sp³-hybridized carbons (Fsp3) is 0.750. The molecule has 0 radical (unpaired) electrons. The van der Waals surface area contributed by atoms with Crippen molar-refractivity contribution in [2.45, 2.75) is 128 Å². The van der Waals surface area contributed by atoms with E-state index in [1.54, 1.807) is 0 Å². The molecule has 2 aliphatic heterocycles. The summed E-state index contributed by atoms with van der Waals surface area (Å²) in [7, 11) is 0. The van der Waals surface area contributed by atoms with Gasteiger partial charge in [-0.25, -0.2) is 19.6 Å². The first-order chi connectivity index (χ1) is 19.7. The maximum atomic E-state index is 13.4. The molecule has 4 aliphatic carbocycles. The van der Waals surface area contributed by atoms with Gasteiger partial charge in [-0.1, -0.05) is 64.5 Å². The Hall–Kier alpha value is -1.57. The molecular formula is C36H50O6. The van der Waals surface area contributed by atoms with Crippen LogP contribution in [0.3, 0.4) is 0 Å². The molecule has 1 aromatic carbocycles. The predicted molar refractivity (Wildman–Crippen MR) is 159 cm³/mol. The summed E-state index contributed by atoms with van der Waals surface area (Å²) in [5.41, 5.74) is 2.96. The molecule has 1 spiro atoms. The summed E-state index contributed by atoms with van der Waals surface area (Å²) in [6.07, 6.45) is 8.20. The molecule has 6 aliphatic rings. The standard InChI is InChI=1S/C36H50O6/c1-31(2)18-34(6,41-39-21-31)24-9-7-23(8-10-24)26-17-33(5)27(11-12-29(33)37)25-13-16-36(38)20-35(15-14-28(36)30(25)26)19-32(3,4)22-40-42-35/h7-10,25-27,38H,11-22H2,1-6H3/t25-,26+,27+,33-,34?,35?,36+/m0/s1. The van der Waals surface area contributed by atoms with Crippen LogP contribution in [0.25, 0.3) is 0 Å². The van der Waals surface area contributed by atoms with E-state index in [2.05, 4.69) is 65.8 Å². The average Bonchev–Trinajstić information content (AvgIpc) is 3.20. The van der Waals surface area contributed by atoms with Crippen LogP contribution in [-0.2, 0) is 29.9 Å². The van der Waals surface area contributed by atoms with Gasteiger partial charge in [-0.05, 0) is 97.7 Å². The van der Waals surface area contributed by atoms with Crippen LogP contribution in [0.4, 0.5) is 0 Å². The van der Waals surface area contributed by atoms with Gasteiger partial charge in [0, 0.05) is 24.2 Å². The van der Waals surface area contributed by atoms with Gasteiger partial charge in [-0.3, -0.25) is 4.79 Å². The molecular weight excluding hydrogens is 528 g/mol. The molecule has 6 nitrogen and oxygen atoms in total. The second-order valence-electron chi connectivity index (χ2n) is 16.9. The van der Waals surface area contributed by atoms with Crippen molar-refractivity contribution < 1.29 is 29.5 Å². The molecule has 5 fully saturated rings. The number of aliphatic hydroxyl groups is 1. The molecule has 42 heavy (non-hydrogen) atoms. The summed E-state index contributed by atoms with van der Waals surface area (Å²) < 4.78 is 0. The highest BCUT2D eigenvalue weighted by molar-refractivity contribution is 5.87. The highest BCUT2D eigenvalue weighted by Crippen LogP contribution is 2.65. The minimum atomic E-state index is -0.887. The zero-order valence-electron chi connectivity index (χ0n) is 26.5. The maximum Gasteiger partial charge on any atom is 0.139 e. The molecule has 230 valence electrons. The van der Waals surface area contributed by atoms with Crippen LogP contribution in [0.2, 0.25) is 0 Å². The minimum absolute atomic E-state index is 0.0243. The molecule has 7 atom stereocenters. The molecule has 0 bridgehead atoms. The van der Waals surface area contributed by atoms with Crippen molar-refractivity contribution >= 4 is 5.78 Å². The Morgan fingerprint density at radius 1 is 0.810 bits per heavy atom. The van der Waals surface area contributed by atoms with E-state index < -0.39 is 16.8 Å². The molecule has 3 saturated carbocycles. The van der Waals surface area contributed by atoms with Crippen molar-refractivity contribution in [2.24, 2.45) is 28.1 Å². The Kier molecular flexibility index (Phi) is 6.57. The lowest BCUT2D eigenvalue weighted by molar-refractivity contribution is -0.414. The molecule has 2 heterocycles. The Balaban J connectivity index is 1.27. The highest BCUT2D eigenvalue weighted by atomic mass is 17.2. The van der Waals surface area contributed by atoms with E-state index in [4.69, 9.17) is 19.6 Å². The second kappa shape index (κ2) is 9.47. The second-order valence-corrected chi connectivity index (χ2v) is 16.9. The molecule has 1 N–H and O–H groups in total. The summed E-state index contributed by atoms with van der Waals surface area (Å²) in [5.74, 6) is 1.26. The number of rotatable bonds is 2. The number of carbonyl (C=O) groups is 1. The van der Waals surface area contributed by atoms with Crippen LogP contribution in [0.15, 0.2) is 35.4 Å². The number of fused-ring (bicyclic) bond motifs is 4. The Morgan fingerprint density at radius 2 is 1.50 bits per heavy atom. The van der Waals surface area contributed by atoms with Crippen molar-refractivity contribution in [3.8, 4) is 0 Å². The van der Waals surface area contributed by atoms with E-state index >= 15 is 0 Å². The van der Waals surface area contributed by atoms with Crippen LogP contribution in [0.1, 0.15) is 123 Å². The molecule has 6 heteroatoms. The van der Waals surface area contributed by atoms with Crippen molar-refractivity contribution in [1.29, 1.82) is 0 Å². The van der Waals surface area contributed by atoms with Crippen LogP contribution in [0, 0.1) is 28.1 Å². The molecule has 1 aromatic rings. The molecule has 0 amide bonds. The van der Waals surface area contributed by atoms with Gasteiger partial charge in [0.25, 0.3) is 0 Å². The van der Waals surface area contributed by atoms with Crippen molar-refractivity contribution in [3.63, 3.8) is 0 Å². The van der Waals surface area contributed by atoms with E-state index in [0.29, 0.717) is 43.7 Å². The van der Waals surface area contributed by atoms with E-state index in [1.165, 1.54) is 16.7 Å². The van der Waals surface area contributed by atoms with E-state index in [-0.39, 0.29) is 22.2 Å². The van der Waals surface area contributed by atoms with E-state index in [0.717, 1.165) is 56.9 Å². The third-order valence-corrected chi connectivity index (χ3v) is 12.2. The fourth-order valence-electron chi connectivity index (χ4n) is 10.5. The summed E-state index contributed by atoms with van der Waals surface area (Å²) in [4.78, 5) is 36.6. The van der Waals surface area contributed by atoms with Gasteiger partial charge in [0.2, 0.25) is 0 Å². The van der Waals surface area contributed by atoms with Gasteiger partial charge in [-0.15, -0.1) is 0 Å². The maximum absolute atomic E-state index is 13.4. The number of hydrogen-bond acceptors (Lipinski definition) is 6. The topological polar surface area (TPSA) is 74.2 Å². The summed E-state index contributed by atoms with van der Waals surface area (Å²) in [6.45, 7) is 14.4. The van der Waals surface area contributed by atoms with Gasteiger partial charge in [0.1, 0.15) is 17.0 Å². The zero-order valence-corrected chi connectivity index (χ0v) is 26.5. The number of Topliss-reactive ketones (excluding diaryl/α,β-unsaturated/α-hetero) is 1. The normalized spacial score (nSPS) is 44.5. The average molecular weight is 579 g/mol. The molecule has 7 rings (SSSR count). The Bertz CT molecular complexity index is 1300. The van der Waals surface area contributed by atoms with Crippen LogP contribution in [-0.4, -0.2) is 35.3 Å². The summed E-state index contributed by atoms with van der Waals surface area (Å²) in [6, 6.07) is 8.90. The fourth-order valence-corrected chi connectivity index (χ4v) is 10.5. The summed E-state index contributed by atoms with van der Waals surface area (Å²) in [5, 5.41) is 12.4. The minimum Gasteiger partial charge on any atom is -0.385 e. The van der Waals surface area contributed by atoms with Crippen LogP contribution >= 0.6 is 0 Å². The molecule has 2 saturated heterocycles. The number of benzene rings is 1. The first-order valence-corrected chi connectivity index (χ1v) is 16.4. The lowest BCUT2D eigenvalue weighted by Gasteiger charge is -2.57. The Morgan fingerprint density at radius 3 is 2.19 bits per heavy atom. The SMILES string of the molecule is CC1(C)COOC2(CCC3=C4[C@@H](CC[C@@]3(O)C2)[C@H]2CCC(=O)[C@@]2(C)C[C@@H]4c2ccc(C3(C)CC(C)(C)COO3)cc2)C1. The van der Waals surface area contributed by atoms with Crippen LogP contribution in [0.5, 0.6) is 0 Å².